The third kappa shape index (κ3) is 3.52. The van der Waals surface area contributed by atoms with Crippen LogP contribution in [0, 0.1) is 5.92 Å². The number of hydrogen-bond acceptors (Lipinski definition) is 1. The summed E-state index contributed by atoms with van der Waals surface area (Å²) in [5.74, 6) is -1.72. The Labute approximate surface area is 107 Å². The zero-order chi connectivity index (χ0) is 11.6. The van der Waals surface area contributed by atoms with Crippen LogP contribution >= 0.6 is 0 Å². The molecule has 4 heteroatoms. The van der Waals surface area contributed by atoms with Crippen LogP contribution in [0.4, 0.5) is 8.78 Å². The number of alkyl halides is 4. The molecule has 1 saturated heterocycles. The number of piperidine rings is 1. The van der Waals surface area contributed by atoms with Crippen LogP contribution in [0.3, 0.4) is 0 Å². The monoisotopic (exact) mass is 344 g/mol. The van der Waals surface area contributed by atoms with Crippen molar-refractivity contribution in [2.24, 2.45) is 5.92 Å². The van der Waals surface area contributed by atoms with Gasteiger partial charge in [-0.2, -0.15) is 0 Å². The van der Waals surface area contributed by atoms with Crippen molar-refractivity contribution in [3.8, 4) is 0 Å². The molecule has 0 aromatic carbocycles. The molecule has 0 bridgehead atoms. The fraction of sp³-hybridized carbons (Fsp3) is 1.00. The molecule has 0 radical (unpaired) electrons. The minimum absolute atomic E-state index is 0.0176. The third-order valence-electron chi connectivity index (χ3n) is 3.73. The van der Waals surface area contributed by atoms with Crippen molar-refractivity contribution in [3.63, 3.8) is 0 Å². The fourth-order valence-electron chi connectivity index (χ4n) is 2.97. The summed E-state index contributed by atoms with van der Waals surface area (Å²) >= 11 is -0.0414. The van der Waals surface area contributed by atoms with E-state index in [1.165, 1.54) is 25.7 Å². The van der Waals surface area contributed by atoms with Gasteiger partial charge in [0, 0.05) is 0 Å². The second-order valence-corrected chi connectivity index (χ2v) is 8.23. The molecule has 1 heterocycles. The van der Waals surface area contributed by atoms with Crippen LogP contribution in [0.5, 0.6) is 0 Å². The number of hydrogen-bond donors (Lipinski definition) is 0. The fourth-order valence-corrected chi connectivity index (χ4v) is 5.00. The molecule has 0 spiro atoms. The van der Waals surface area contributed by atoms with Gasteiger partial charge in [0.05, 0.1) is 0 Å². The first-order chi connectivity index (χ1) is 7.59. The molecule has 0 aromatic heterocycles. The molecule has 16 heavy (non-hydrogen) atoms. The predicted molar refractivity (Wildman–Crippen MR) is 57.7 cm³/mol. The van der Waals surface area contributed by atoms with Crippen LogP contribution in [0.25, 0.3) is 0 Å². The van der Waals surface area contributed by atoms with E-state index in [0.29, 0.717) is 9.84 Å². The molecule has 0 aromatic rings. The molecule has 0 N–H and O–H groups in total. The van der Waals surface area contributed by atoms with Gasteiger partial charge in [0.25, 0.3) is 0 Å². The molecule has 1 saturated carbocycles. The van der Waals surface area contributed by atoms with Crippen LogP contribution < -0.4 is 21.2 Å². The summed E-state index contributed by atoms with van der Waals surface area (Å²) in [4.78, 5) is 4.19. The van der Waals surface area contributed by atoms with Gasteiger partial charge in [-0.15, -0.1) is 0 Å². The number of likely N-dealkylation sites (tertiary alicyclic amines) is 1. The van der Waals surface area contributed by atoms with Crippen LogP contribution in [0.15, 0.2) is 0 Å². The van der Waals surface area contributed by atoms with Gasteiger partial charge in [0.1, 0.15) is 0 Å². The Hall–Kier alpha value is 0.550. The Bertz CT molecular complexity index is 229. The van der Waals surface area contributed by atoms with Gasteiger partial charge in [-0.3, -0.25) is 0 Å². The molecular formula is C12H21F2IN-. The van der Waals surface area contributed by atoms with Crippen molar-refractivity contribution < 1.29 is 30.0 Å². The second-order valence-electron chi connectivity index (χ2n) is 5.22. The molecule has 1 nitrogen and oxygen atoms in total. The summed E-state index contributed by atoms with van der Waals surface area (Å²) in [5, 5.41) is 0. The van der Waals surface area contributed by atoms with Crippen LogP contribution in [0.1, 0.15) is 32.1 Å². The Morgan fingerprint density at radius 2 is 2.00 bits per heavy atom. The number of halogens is 3. The van der Waals surface area contributed by atoms with Crippen molar-refractivity contribution in [2.45, 2.75) is 42.0 Å². The van der Waals surface area contributed by atoms with Gasteiger partial charge in [-0.1, -0.05) is 0 Å². The summed E-state index contributed by atoms with van der Waals surface area (Å²) in [6.45, 7) is 1.88. The topological polar surface area (TPSA) is 3.24 Å². The van der Waals surface area contributed by atoms with Gasteiger partial charge >= 0.3 is 107 Å². The van der Waals surface area contributed by atoms with E-state index >= 15 is 0 Å². The summed E-state index contributed by atoms with van der Waals surface area (Å²) in [7, 11) is 0. The van der Waals surface area contributed by atoms with Gasteiger partial charge < -0.3 is 0 Å². The molecule has 2 rings (SSSR count). The Morgan fingerprint density at radius 1 is 1.31 bits per heavy atom. The summed E-state index contributed by atoms with van der Waals surface area (Å²) in [6.07, 6.45) is 5.28. The molecular weight excluding hydrogens is 323 g/mol. The normalized spacial score (nSPS) is 32.3. The maximum absolute atomic E-state index is 13.5. The molecule has 2 fully saturated rings. The van der Waals surface area contributed by atoms with Gasteiger partial charge in [0.2, 0.25) is 0 Å². The van der Waals surface area contributed by atoms with E-state index in [4.69, 9.17) is 0 Å². The molecule has 96 valence electrons. The van der Waals surface area contributed by atoms with Crippen molar-refractivity contribution in [1.29, 1.82) is 0 Å². The molecule has 2 aliphatic rings. The Morgan fingerprint density at radius 3 is 2.62 bits per heavy atom. The third-order valence-corrected chi connectivity index (χ3v) is 6.33. The molecule has 0 amide bonds. The first-order valence-electron chi connectivity index (χ1n) is 6.17. The SMILES string of the molecule is C[I-]C1CN(CC2CCCC2)CC(F)(F)C1. The Kier molecular flexibility index (Phi) is 4.44. The summed E-state index contributed by atoms with van der Waals surface area (Å²) in [6, 6.07) is 0. The van der Waals surface area contributed by atoms with Crippen molar-refractivity contribution in [3.05, 3.63) is 0 Å². The zero-order valence-electron chi connectivity index (χ0n) is 9.89. The molecule has 1 aliphatic heterocycles. The predicted octanol–water partition coefficient (Wildman–Crippen LogP) is -0.395. The van der Waals surface area contributed by atoms with E-state index in [0.717, 1.165) is 13.1 Å². The van der Waals surface area contributed by atoms with E-state index in [2.05, 4.69) is 4.93 Å². The van der Waals surface area contributed by atoms with E-state index in [-0.39, 0.29) is 34.2 Å². The van der Waals surface area contributed by atoms with Gasteiger partial charge in [-0.05, 0) is 0 Å². The standard InChI is InChI=1S/C12H21F2IN/c1-15-11-6-12(13,14)9-16(8-11)7-10-4-2-3-5-10/h10-11H,2-9H2,1H3/q-1. The minimum atomic E-state index is -2.42. The van der Waals surface area contributed by atoms with E-state index in [1.54, 1.807) is 0 Å². The summed E-state index contributed by atoms with van der Waals surface area (Å²) in [5.41, 5.74) is 0. The number of nitrogens with zero attached hydrogens (tertiary/aromatic N) is 1. The van der Waals surface area contributed by atoms with Gasteiger partial charge in [0.15, 0.2) is 0 Å². The first-order valence-corrected chi connectivity index (χ1v) is 9.57. The van der Waals surface area contributed by atoms with E-state index < -0.39 is 5.92 Å². The molecule has 1 aliphatic carbocycles. The molecule has 1 unspecified atom stereocenters. The van der Waals surface area contributed by atoms with Crippen LogP contribution in [0.2, 0.25) is 0 Å². The number of rotatable bonds is 3. The average molecular weight is 344 g/mol. The van der Waals surface area contributed by atoms with Crippen molar-refractivity contribution >= 4 is 0 Å². The van der Waals surface area contributed by atoms with E-state index in [1.807, 2.05) is 4.90 Å². The van der Waals surface area contributed by atoms with Crippen molar-refractivity contribution in [1.82, 2.24) is 4.90 Å². The maximum atomic E-state index is 13.5. The molecule has 1 atom stereocenters. The second kappa shape index (κ2) is 5.46. The zero-order valence-corrected chi connectivity index (χ0v) is 12.1. The van der Waals surface area contributed by atoms with Crippen LogP contribution in [-0.4, -0.2) is 39.3 Å². The quantitative estimate of drug-likeness (QED) is 0.498. The van der Waals surface area contributed by atoms with E-state index in [9.17, 15) is 8.78 Å². The van der Waals surface area contributed by atoms with Crippen LogP contribution in [-0.2, 0) is 0 Å². The van der Waals surface area contributed by atoms with Gasteiger partial charge in [-0.25, -0.2) is 0 Å². The van der Waals surface area contributed by atoms with Crippen molar-refractivity contribution in [2.75, 3.05) is 24.6 Å². The average Bonchev–Trinajstić information content (AvgIpc) is 2.67. The first kappa shape index (κ1) is 13.0. The Balaban J connectivity index is 1.87. The summed E-state index contributed by atoms with van der Waals surface area (Å²) < 4.78 is 27.4.